The highest BCUT2D eigenvalue weighted by Crippen LogP contribution is 2.23. The maximum atomic E-state index is 13.0. The Morgan fingerprint density at radius 1 is 0.680 bits per heavy atom. The third-order valence-corrected chi connectivity index (χ3v) is 9.82. The molecule has 0 aromatic rings. The van der Waals surface area contributed by atoms with Crippen LogP contribution in [0.1, 0.15) is 162 Å². The maximum Gasteiger partial charge on any atom is 0.249 e. The van der Waals surface area contributed by atoms with Crippen LogP contribution in [0, 0.1) is 0 Å². The Morgan fingerprint density at radius 3 is 1.72 bits per heavy atom. The number of allylic oxidation sites excluding steroid dienone is 2. The molecular weight excluding hydrogens is 642 g/mol. The molecule has 296 valence electrons. The third kappa shape index (κ3) is 20.8. The lowest BCUT2D eigenvalue weighted by atomic mass is 9.98. The number of ether oxygens (including phenoxy) is 2. The highest BCUT2D eigenvalue weighted by molar-refractivity contribution is 5.80. The van der Waals surface area contributed by atoms with Crippen LogP contribution in [0.2, 0.25) is 0 Å². The number of hydrogen-bond donors (Lipinski definition) is 8. The summed E-state index contributed by atoms with van der Waals surface area (Å²) >= 11 is 0. The van der Waals surface area contributed by atoms with E-state index < -0.39 is 74.2 Å². The molecule has 8 N–H and O–H groups in total. The molecule has 1 aliphatic heterocycles. The molecule has 11 heteroatoms. The van der Waals surface area contributed by atoms with E-state index in [0.717, 1.165) is 38.5 Å². The van der Waals surface area contributed by atoms with Gasteiger partial charge >= 0.3 is 0 Å². The van der Waals surface area contributed by atoms with Gasteiger partial charge in [0.05, 0.1) is 25.4 Å². The van der Waals surface area contributed by atoms with Crippen LogP contribution in [-0.4, -0.2) is 110 Å². The Labute approximate surface area is 302 Å². The Bertz CT molecular complexity index is 831. The summed E-state index contributed by atoms with van der Waals surface area (Å²) in [5.74, 6) is -0.709. The SMILES string of the molecule is CCCCCCCCC=CCCCC(O)C(O)C(COC1OC(CO)C(O)C(O)C1O)NC(=O)C(O)CCCCCCCCCCCCCC. The number of carbonyl (C=O) groups excluding carboxylic acids is 1. The first-order valence-electron chi connectivity index (χ1n) is 20.1. The van der Waals surface area contributed by atoms with Crippen LogP contribution < -0.4 is 5.32 Å². The van der Waals surface area contributed by atoms with Crippen molar-refractivity contribution in [2.24, 2.45) is 0 Å². The van der Waals surface area contributed by atoms with Crippen molar-refractivity contribution in [2.75, 3.05) is 13.2 Å². The van der Waals surface area contributed by atoms with Crippen molar-refractivity contribution in [2.45, 2.75) is 217 Å². The smallest absolute Gasteiger partial charge is 0.249 e. The lowest BCUT2D eigenvalue weighted by Crippen LogP contribution is -2.60. The minimum atomic E-state index is -1.66. The van der Waals surface area contributed by atoms with Gasteiger partial charge < -0.3 is 50.5 Å². The van der Waals surface area contributed by atoms with Gasteiger partial charge in [-0.05, 0) is 38.5 Å². The number of nitrogens with one attached hydrogen (secondary N) is 1. The minimum Gasteiger partial charge on any atom is -0.394 e. The summed E-state index contributed by atoms with van der Waals surface area (Å²) in [6.45, 7) is 3.37. The Balaban J connectivity index is 2.58. The van der Waals surface area contributed by atoms with E-state index >= 15 is 0 Å². The summed E-state index contributed by atoms with van der Waals surface area (Å²) in [7, 11) is 0. The second kappa shape index (κ2) is 30.3. The Hall–Kier alpha value is -1.15. The second-order valence-electron chi connectivity index (χ2n) is 14.4. The van der Waals surface area contributed by atoms with Crippen molar-refractivity contribution in [3.63, 3.8) is 0 Å². The molecule has 9 unspecified atom stereocenters. The summed E-state index contributed by atoms with van der Waals surface area (Å²) in [5.41, 5.74) is 0. The first kappa shape index (κ1) is 46.9. The largest absolute Gasteiger partial charge is 0.394 e. The van der Waals surface area contributed by atoms with Gasteiger partial charge in [-0.3, -0.25) is 4.79 Å². The van der Waals surface area contributed by atoms with Crippen molar-refractivity contribution in [3.8, 4) is 0 Å². The Kier molecular flexibility index (Phi) is 28.4. The molecule has 1 heterocycles. The zero-order valence-electron chi connectivity index (χ0n) is 31.4. The van der Waals surface area contributed by atoms with E-state index in [1.165, 1.54) is 83.5 Å². The van der Waals surface area contributed by atoms with E-state index in [-0.39, 0.29) is 12.8 Å². The molecule has 11 nitrogen and oxygen atoms in total. The van der Waals surface area contributed by atoms with Crippen LogP contribution in [-0.2, 0) is 14.3 Å². The minimum absolute atomic E-state index is 0.257. The predicted octanol–water partition coefficient (Wildman–Crippen LogP) is 4.94. The lowest BCUT2D eigenvalue weighted by Gasteiger charge is -2.40. The zero-order valence-corrected chi connectivity index (χ0v) is 31.4. The number of unbranched alkanes of at least 4 members (excludes halogenated alkanes) is 18. The van der Waals surface area contributed by atoms with Crippen LogP contribution >= 0.6 is 0 Å². The zero-order chi connectivity index (χ0) is 37.0. The number of aliphatic hydroxyl groups excluding tert-OH is 7. The molecule has 0 radical (unpaired) electrons. The molecule has 1 amide bonds. The molecule has 1 aliphatic rings. The molecule has 1 fully saturated rings. The normalized spacial score (nSPS) is 23.6. The fourth-order valence-electron chi connectivity index (χ4n) is 6.38. The van der Waals surface area contributed by atoms with Crippen LogP contribution in [0.3, 0.4) is 0 Å². The number of carbonyl (C=O) groups is 1. The van der Waals surface area contributed by atoms with Gasteiger partial charge in [0.25, 0.3) is 0 Å². The topological polar surface area (TPSA) is 189 Å². The van der Waals surface area contributed by atoms with Crippen molar-refractivity contribution >= 4 is 5.91 Å². The lowest BCUT2D eigenvalue weighted by molar-refractivity contribution is -0.303. The van der Waals surface area contributed by atoms with Crippen molar-refractivity contribution in [3.05, 3.63) is 12.2 Å². The molecule has 0 aliphatic carbocycles. The Morgan fingerprint density at radius 2 is 1.18 bits per heavy atom. The van der Waals surface area contributed by atoms with Crippen molar-refractivity contribution in [1.29, 1.82) is 0 Å². The molecule has 0 spiro atoms. The van der Waals surface area contributed by atoms with Crippen LogP contribution in [0.25, 0.3) is 0 Å². The highest BCUT2D eigenvalue weighted by atomic mass is 16.7. The number of amides is 1. The first-order valence-corrected chi connectivity index (χ1v) is 20.1. The first-order chi connectivity index (χ1) is 24.2. The van der Waals surface area contributed by atoms with Gasteiger partial charge in [-0.1, -0.05) is 135 Å². The van der Waals surface area contributed by atoms with E-state index in [4.69, 9.17) is 9.47 Å². The van der Waals surface area contributed by atoms with Crippen LogP contribution in [0.15, 0.2) is 12.2 Å². The quantitative estimate of drug-likeness (QED) is 0.0350. The average Bonchev–Trinajstić information content (AvgIpc) is 3.11. The third-order valence-electron chi connectivity index (χ3n) is 9.82. The van der Waals surface area contributed by atoms with Crippen molar-refractivity contribution < 1.29 is 50.0 Å². The maximum absolute atomic E-state index is 13.0. The standard InChI is InChI=1S/C39H75NO10/c1-3-5-7-9-11-13-15-17-19-21-23-25-27-32(43)38(48)40-30(29-49-39-37(47)36(46)35(45)33(28-41)50-39)34(44)31(42)26-24-22-20-18-16-14-12-10-8-6-4-2/h18,20,30-37,39,41-47H,3-17,19,21-29H2,1-2H3,(H,40,48). The van der Waals surface area contributed by atoms with Crippen LogP contribution in [0.4, 0.5) is 0 Å². The second-order valence-corrected chi connectivity index (χ2v) is 14.4. The molecular formula is C39H75NO10. The summed E-state index contributed by atoms with van der Waals surface area (Å²) in [6.07, 6.45) is 17.0. The number of hydrogen-bond acceptors (Lipinski definition) is 10. The average molecular weight is 718 g/mol. The monoisotopic (exact) mass is 718 g/mol. The van der Waals surface area contributed by atoms with E-state index in [1.807, 2.05) is 0 Å². The highest BCUT2D eigenvalue weighted by Gasteiger charge is 2.44. The fraction of sp³-hybridized carbons (Fsp3) is 0.923. The molecule has 0 aromatic carbocycles. The van der Waals surface area contributed by atoms with E-state index in [9.17, 15) is 40.5 Å². The molecule has 9 atom stereocenters. The van der Waals surface area contributed by atoms with E-state index in [2.05, 4.69) is 31.3 Å². The van der Waals surface area contributed by atoms with Gasteiger partial charge in [-0.2, -0.15) is 0 Å². The van der Waals surface area contributed by atoms with Gasteiger partial charge in [-0.15, -0.1) is 0 Å². The molecule has 1 rings (SSSR count). The molecule has 0 aromatic heterocycles. The predicted molar refractivity (Wildman–Crippen MR) is 196 cm³/mol. The van der Waals surface area contributed by atoms with Crippen LogP contribution in [0.5, 0.6) is 0 Å². The summed E-state index contributed by atoms with van der Waals surface area (Å²) in [4.78, 5) is 13.0. The molecule has 1 saturated heterocycles. The summed E-state index contributed by atoms with van der Waals surface area (Å²) < 4.78 is 11.0. The summed E-state index contributed by atoms with van der Waals surface area (Å²) in [6, 6.07) is -1.18. The van der Waals surface area contributed by atoms with Gasteiger partial charge in [-0.25, -0.2) is 0 Å². The molecule has 50 heavy (non-hydrogen) atoms. The number of aliphatic hydroxyl groups is 7. The molecule has 0 saturated carbocycles. The van der Waals surface area contributed by atoms with Crippen molar-refractivity contribution in [1.82, 2.24) is 5.32 Å². The van der Waals surface area contributed by atoms with Gasteiger partial charge in [0.2, 0.25) is 5.91 Å². The van der Waals surface area contributed by atoms with E-state index in [0.29, 0.717) is 12.8 Å². The fourth-order valence-corrected chi connectivity index (χ4v) is 6.38. The van der Waals surface area contributed by atoms with E-state index in [1.54, 1.807) is 0 Å². The summed E-state index contributed by atoms with van der Waals surface area (Å²) in [5, 5.41) is 75.1. The molecule has 0 bridgehead atoms. The van der Waals surface area contributed by atoms with Gasteiger partial charge in [0.15, 0.2) is 6.29 Å². The van der Waals surface area contributed by atoms with Gasteiger partial charge in [0, 0.05) is 0 Å². The number of rotatable bonds is 32. The van der Waals surface area contributed by atoms with Gasteiger partial charge in [0.1, 0.15) is 36.6 Å².